The van der Waals surface area contributed by atoms with Crippen LogP contribution in [-0.2, 0) is 6.42 Å². The Hall–Kier alpha value is -0.650. The molecular formula is C13H20F2N2S. The number of hydrogen-bond donors (Lipinski definition) is 2. The molecule has 3 N–H and O–H groups in total. The molecule has 0 aliphatic rings. The molecule has 1 atom stereocenters. The molecular weight excluding hydrogens is 254 g/mol. The van der Waals surface area contributed by atoms with Crippen molar-refractivity contribution in [3.63, 3.8) is 0 Å². The third-order valence-corrected chi connectivity index (χ3v) is 3.87. The van der Waals surface area contributed by atoms with Crippen LogP contribution in [0.25, 0.3) is 0 Å². The van der Waals surface area contributed by atoms with Crippen molar-refractivity contribution in [1.82, 2.24) is 5.43 Å². The minimum absolute atomic E-state index is 0.0332. The number of thioether (sulfide) groups is 1. The van der Waals surface area contributed by atoms with E-state index in [2.05, 4.69) is 26.2 Å². The van der Waals surface area contributed by atoms with Crippen LogP contribution >= 0.6 is 11.8 Å². The van der Waals surface area contributed by atoms with E-state index in [9.17, 15) is 8.78 Å². The molecule has 1 unspecified atom stereocenters. The van der Waals surface area contributed by atoms with E-state index in [0.29, 0.717) is 12.0 Å². The Balaban J connectivity index is 2.62. The third-order valence-electron chi connectivity index (χ3n) is 2.43. The predicted molar refractivity (Wildman–Crippen MR) is 73.4 cm³/mol. The van der Waals surface area contributed by atoms with Crippen LogP contribution in [0, 0.1) is 11.6 Å². The molecule has 0 bridgehead atoms. The van der Waals surface area contributed by atoms with Gasteiger partial charge in [0.1, 0.15) is 11.6 Å². The molecule has 5 heteroatoms. The first-order valence-corrected chi connectivity index (χ1v) is 6.84. The van der Waals surface area contributed by atoms with Gasteiger partial charge in [-0.05, 0) is 18.1 Å². The van der Waals surface area contributed by atoms with E-state index < -0.39 is 11.6 Å². The highest BCUT2D eigenvalue weighted by atomic mass is 32.2. The van der Waals surface area contributed by atoms with Gasteiger partial charge in [0, 0.05) is 22.6 Å². The average molecular weight is 274 g/mol. The van der Waals surface area contributed by atoms with E-state index in [1.165, 1.54) is 12.1 Å². The number of hydrogen-bond acceptors (Lipinski definition) is 3. The van der Waals surface area contributed by atoms with E-state index in [1.54, 1.807) is 11.8 Å². The lowest BCUT2D eigenvalue weighted by Crippen LogP contribution is -2.39. The Morgan fingerprint density at radius 3 is 2.50 bits per heavy atom. The molecule has 0 saturated carbocycles. The van der Waals surface area contributed by atoms with Crippen LogP contribution in [0.4, 0.5) is 8.78 Å². The topological polar surface area (TPSA) is 38.0 Å². The zero-order chi connectivity index (χ0) is 13.8. The molecule has 0 spiro atoms. The third kappa shape index (κ3) is 5.33. The van der Waals surface area contributed by atoms with Crippen molar-refractivity contribution in [2.75, 3.05) is 5.75 Å². The summed E-state index contributed by atoms with van der Waals surface area (Å²) in [5, 5.41) is 0. The Bertz CT molecular complexity index is 391. The zero-order valence-corrected chi connectivity index (χ0v) is 11.8. The fourth-order valence-corrected chi connectivity index (χ4v) is 2.38. The summed E-state index contributed by atoms with van der Waals surface area (Å²) in [6.07, 6.45) is 0.450. The van der Waals surface area contributed by atoms with Crippen molar-refractivity contribution in [3.05, 3.63) is 35.4 Å². The molecule has 0 amide bonds. The Morgan fingerprint density at radius 2 is 2.00 bits per heavy atom. The number of halogens is 2. The summed E-state index contributed by atoms with van der Waals surface area (Å²) >= 11 is 1.76. The van der Waals surface area contributed by atoms with Crippen molar-refractivity contribution in [2.45, 2.75) is 38.0 Å². The lowest BCUT2D eigenvalue weighted by molar-refractivity contribution is 0.535. The molecule has 1 aromatic carbocycles. The van der Waals surface area contributed by atoms with E-state index in [1.807, 2.05) is 0 Å². The first kappa shape index (κ1) is 15.4. The smallest absolute Gasteiger partial charge is 0.129 e. The summed E-state index contributed by atoms with van der Waals surface area (Å²) in [5.41, 5.74) is 3.16. The van der Waals surface area contributed by atoms with Gasteiger partial charge in [-0.3, -0.25) is 11.3 Å². The maximum Gasteiger partial charge on any atom is 0.129 e. The molecule has 0 aromatic heterocycles. The Morgan fingerprint density at radius 1 is 1.33 bits per heavy atom. The first-order valence-electron chi connectivity index (χ1n) is 5.86. The molecule has 0 saturated heterocycles. The standard InChI is InChI=1S/C13H20F2N2S/c1-13(2,3)18-8-11(17-16)6-9-4-5-10(14)7-12(9)15/h4-5,7,11,17H,6,8,16H2,1-3H3. The zero-order valence-electron chi connectivity index (χ0n) is 11.0. The van der Waals surface area contributed by atoms with Gasteiger partial charge in [0.05, 0.1) is 0 Å². The van der Waals surface area contributed by atoms with Crippen molar-refractivity contribution >= 4 is 11.8 Å². The van der Waals surface area contributed by atoms with Crippen LogP contribution in [0.2, 0.25) is 0 Å². The molecule has 0 aliphatic carbocycles. The van der Waals surface area contributed by atoms with Crippen LogP contribution in [0.15, 0.2) is 18.2 Å². The van der Waals surface area contributed by atoms with E-state index in [0.717, 1.165) is 11.8 Å². The van der Waals surface area contributed by atoms with Crippen molar-refractivity contribution < 1.29 is 8.78 Å². The van der Waals surface area contributed by atoms with Crippen molar-refractivity contribution in [1.29, 1.82) is 0 Å². The number of hydrazine groups is 1. The van der Waals surface area contributed by atoms with Gasteiger partial charge in [-0.1, -0.05) is 26.8 Å². The van der Waals surface area contributed by atoms with Gasteiger partial charge in [0.15, 0.2) is 0 Å². The summed E-state index contributed by atoms with van der Waals surface area (Å²) in [5.74, 6) is 5.17. The summed E-state index contributed by atoms with van der Waals surface area (Å²) in [6, 6.07) is 3.61. The van der Waals surface area contributed by atoms with E-state index in [4.69, 9.17) is 5.84 Å². The van der Waals surface area contributed by atoms with Crippen molar-refractivity contribution in [2.24, 2.45) is 5.84 Å². The van der Waals surface area contributed by atoms with Gasteiger partial charge in [-0.2, -0.15) is 11.8 Å². The molecule has 18 heavy (non-hydrogen) atoms. The normalized spacial score (nSPS) is 13.7. The minimum Gasteiger partial charge on any atom is -0.271 e. The maximum atomic E-state index is 13.5. The molecule has 0 aliphatic heterocycles. The number of nitrogens with one attached hydrogen (secondary N) is 1. The van der Waals surface area contributed by atoms with Gasteiger partial charge < -0.3 is 0 Å². The molecule has 1 rings (SSSR count). The van der Waals surface area contributed by atoms with Crippen LogP contribution in [0.5, 0.6) is 0 Å². The van der Waals surface area contributed by atoms with E-state index in [-0.39, 0.29) is 10.8 Å². The van der Waals surface area contributed by atoms with Gasteiger partial charge in [0.25, 0.3) is 0 Å². The molecule has 0 fully saturated rings. The lowest BCUT2D eigenvalue weighted by atomic mass is 10.1. The van der Waals surface area contributed by atoms with Gasteiger partial charge in [0.2, 0.25) is 0 Å². The van der Waals surface area contributed by atoms with Gasteiger partial charge >= 0.3 is 0 Å². The Kier molecular flexibility index (Phi) is 5.56. The number of rotatable bonds is 5. The molecule has 102 valence electrons. The highest BCUT2D eigenvalue weighted by Gasteiger charge is 2.16. The number of nitrogens with two attached hydrogens (primary N) is 1. The van der Waals surface area contributed by atoms with Gasteiger partial charge in [-0.25, -0.2) is 8.78 Å². The molecule has 0 heterocycles. The van der Waals surface area contributed by atoms with Crippen LogP contribution in [0.3, 0.4) is 0 Å². The highest BCUT2D eigenvalue weighted by molar-refractivity contribution is 8.00. The lowest BCUT2D eigenvalue weighted by Gasteiger charge is -2.22. The van der Waals surface area contributed by atoms with Crippen LogP contribution < -0.4 is 11.3 Å². The van der Waals surface area contributed by atoms with E-state index >= 15 is 0 Å². The largest absolute Gasteiger partial charge is 0.271 e. The maximum absolute atomic E-state index is 13.5. The van der Waals surface area contributed by atoms with Crippen LogP contribution in [0.1, 0.15) is 26.3 Å². The fourth-order valence-electron chi connectivity index (χ4n) is 1.47. The highest BCUT2D eigenvalue weighted by Crippen LogP contribution is 2.24. The van der Waals surface area contributed by atoms with Gasteiger partial charge in [-0.15, -0.1) is 0 Å². The minimum atomic E-state index is -0.558. The molecule has 1 aromatic rings. The monoisotopic (exact) mass is 274 g/mol. The second-order valence-electron chi connectivity index (χ2n) is 5.23. The quantitative estimate of drug-likeness (QED) is 0.640. The summed E-state index contributed by atoms with van der Waals surface area (Å²) in [4.78, 5) is 0. The second-order valence-corrected chi connectivity index (χ2v) is 7.07. The predicted octanol–water partition coefficient (Wildman–Crippen LogP) is 2.87. The Labute approximate surface area is 111 Å². The summed E-state index contributed by atoms with van der Waals surface area (Å²) < 4.78 is 26.4. The first-order chi connectivity index (χ1) is 8.31. The number of benzene rings is 1. The summed E-state index contributed by atoms with van der Waals surface area (Å²) in [7, 11) is 0. The summed E-state index contributed by atoms with van der Waals surface area (Å²) in [6.45, 7) is 6.34. The molecule has 2 nitrogen and oxygen atoms in total. The average Bonchev–Trinajstić information content (AvgIpc) is 2.25. The SMILES string of the molecule is CC(C)(C)SCC(Cc1ccc(F)cc1F)NN. The van der Waals surface area contributed by atoms with Crippen LogP contribution in [-0.4, -0.2) is 16.5 Å². The second kappa shape index (κ2) is 6.50. The molecule has 0 radical (unpaired) electrons. The van der Waals surface area contributed by atoms with Crippen molar-refractivity contribution in [3.8, 4) is 0 Å². The fraction of sp³-hybridized carbons (Fsp3) is 0.538.